The van der Waals surface area contributed by atoms with Gasteiger partial charge < -0.3 is 15.4 Å². The Hall–Kier alpha value is -1.41. The van der Waals surface area contributed by atoms with Crippen LogP contribution < -0.4 is 0 Å². The van der Waals surface area contributed by atoms with Crippen LogP contribution in [0.25, 0.3) is 0 Å². The molecule has 0 saturated heterocycles. The zero-order chi connectivity index (χ0) is 10.2. The highest BCUT2D eigenvalue weighted by atomic mass is 32.2. The molecule has 1 rings (SSSR count). The van der Waals surface area contributed by atoms with Crippen LogP contribution in [0.5, 0.6) is 11.8 Å². The molecule has 1 aromatic heterocycles. The van der Waals surface area contributed by atoms with Gasteiger partial charge in [-0.05, 0) is 0 Å². The van der Waals surface area contributed by atoms with Crippen LogP contribution in [0, 0.1) is 0 Å². The third-order valence-electron chi connectivity index (χ3n) is 1.39. The zero-order valence-electron chi connectivity index (χ0n) is 6.50. The topological polar surface area (TPSA) is 109 Å². The van der Waals surface area contributed by atoms with Gasteiger partial charge >= 0.3 is 10.1 Å². The van der Waals surface area contributed by atoms with Crippen LogP contribution in [0.15, 0.2) is 11.0 Å². The van der Waals surface area contributed by atoms with Gasteiger partial charge in [0.25, 0.3) is 5.88 Å². The van der Waals surface area contributed by atoms with E-state index in [0.29, 0.717) is 6.07 Å². The molecule has 1 heterocycles. The van der Waals surface area contributed by atoms with Crippen molar-refractivity contribution in [2.45, 2.75) is 4.90 Å². The van der Waals surface area contributed by atoms with Crippen LogP contribution in [-0.4, -0.2) is 35.7 Å². The van der Waals surface area contributed by atoms with Crippen molar-refractivity contribution in [1.29, 1.82) is 0 Å². The molecule has 0 fully saturated rings. The lowest BCUT2D eigenvalue weighted by Crippen LogP contribution is -2.02. The minimum Gasteiger partial charge on any atom is -0.492 e. The number of hydrogen-bond acceptors (Lipinski definition) is 6. The molecule has 0 aliphatic carbocycles. The lowest BCUT2D eigenvalue weighted by molar-refractivity contribution is 0.128. The lowest BCUT2D eigenvalue weighted by atomic mass is 10.6. The van der Waals surface area contributed by atoms with E-state index in [4.69, 9.17) is 15.4 Å². The minimum atomic E-state index is -4.12. The predicted molar refractivity (Wildman–Crippen MR) is 39.1 cm³/mol. The fraction of sp³-hybridized carbons (Fsp3) is 0.200. The van der Waals surface area contributed by atoms with Crippen LogP contribution >= 0.6 is 0 Å². The minimum absolute atomic E-state index is 0.0775. The van der Waals surface area contributed by atoms with Crippen LogP contribution in [0.1, 0.15) is 0 Å². The first kappa shape index (κ1) is 9.68. The quantitative estimate of drug-likeness (QED) is 0.446. The summed E-state index contributed by atoms with van der Waals surface area (Å²) in [5.74, 6) is -1.80. The highest BCUT2D eigenvalue weighted by Crippen LogP contribution is 2.30. The molecule has 8 heteroatoms. The average molecular weight is 209 g/mol. The molecule has 0 unspecified atom stereocenters. The molecule has 0 spiro atoms. The maximum absolute atomic E-state index is 11.0. The van der Waals surface area contributed by atoms with Crippen LogP contribution in [0.3, 0.4) is 0 Å². The molecular formula is C5H7NO6S. The maximum Gasteiger partial charge on any atom is 0.302 e. The Balaban J connectivity index is 3.41. The number of aromatic hydroxyl groups is 2. The Kier molecular flexibility index (Phi) is 2.10. The second kappa shape index (κ2) is 2.82. The van der Waals surface area contributed by atoms with E-state index in [2.05, 4.69) is 4.18 Å². The summed E-state index contributed by atoms with van der Waals surface area (Å²) in [6, 6.07) is 0.661. The molecule has 0 amide bonds. The fourth-order valence-electron chi connectivity index (χ4n) is 0.730. The van der Waals surface area contributed by atoms with Crippen LogP contribution in [0.2, 0.25) is 0 Å². The van der Waals surface area contributed by atoms with E-state index in [0.717, 1.165) is 7.11 Å². The molecule has 13 heavy (non-hydrogen) atoms. The highest BCUT2D eigenvalue weighted by molar-refractivity contribution is 7.86. The van der Waals surface area contributed by atoms with Gasteiger partial charge in [-0.25, -0.2) is 0 Å². The molecule has 74 valence electrons. The maximum atomic E-state index is 11.0. The van der Waals surface area contributed by atoms with E-state index in [-0.39, 0.29) is 4.73 Å². The van der Waals surface area contributed by atoms with Crippen molar-refractivity contribution in [3.8, 4) is 11.8 Å². The van der Waals surface area contributed by atoms with Crippen molar-refractivity contribution >= 4 is 10.1 Å². The summed E-state index contributed by atoms with van der Waals surface area (Å²) in [6.07, 6.45) is 0. The smallest absolute Gasteiger partial charge is 0.302 e. The van der Waals surface area contributed by atoms with Gasteiger partial charge in [-0.15, -0.1) is 4.73 Å². The van der Waals surface area contributed by atoms with E-state index in [1.165, 1.54) is 0 Å². The monoisotopic (exact) mass is 209 g/mol. The number of hydrogen-bond donors (Lipinski definition) is 3. The first-order chi connectivity index (χ1) is 5.90. The van der Waals surface area contributed by atoms with Gasteiger partial charge in [-0.2, -0.15) is 8.42 Å². The van der Waals surface area contributed by atoms with Gasteiger partial charge in [-0.3, -0.25) is 4.18 Å². The van der Waals surface area contributed by atoms with E-state index in [1.54, 1.807) is 0 Å². The largest absolute Gasteiger partial charge is 0.492 e. The molecule has 0 aliphatic heterocycles. The van der Waals surface area contributed by atoms with Crippen molar-refractivity contribution in [3.05, 3.63) is 6.07 Å². The summed E-state index contributed by atoms with van der Waals surface area (Å²) in [4.78, 5) is -0.699. The second-order valence-corrected chi connectivity index (χ2v) is 3.80. The van der Waals surface area contributed by atoms with Crippen molar-refractivity contribution in [2.24, 2.45) is 0 Å². The molecule has 0 atom stereocenters. The van der Waals surface area contributed by atoms with Gasteiger partial charge in [0.2, 0.25) is 5.88 Å². The normalized spacial score (nSPS) is 11.8. The summed E-state index contributed by atoms with van der Waals surface area (Å²) < 4.78 is 25.9. The summed E-state index contributed by atoms with van der Waals surface area (Å²) in [5.41, 5.74) is 0. The standard InChI is InChI=1S/C5H7NO6S/c1-12-13(10,11)3-2-4(7)6(9)5(3)8/h2,7-9H,1H3. The molecular weight excluding hydrogens is 202 g/mol. The van der Waals surface area contributed by atoms with Crippen molar-refractivity contribution in [1.82, 2.24) is 4.73 Å². The van der Waals surface area contributed by atoms with E-state index in [9.17, 15) is 8.42 Å². The highest BCUT2D eigenvalue weighted by Gasteiger charge is 2.24. The van der Waals surface area contributed by atoms with Gasteiger partial charge in [0.1, 0.15) is 0 Å². The van der Waals surface area contributed by atoms with E-state index >= 15 is 0 Å². The molecule has 0 aromatic carbocycles. The summed E-state index contributed by atoms with van der Waals surface area (Å²) >= 11 is 0. The molecule has 0 aliphatic rings. The molecule has 0 radical (unpaired) electrons. The summed E-state index contributed by atoms with van der Waals surface area (Å²) in [7, 11) is -3.23. The number of aromatic nitrogens is 1. The summed E-state index contributed by atoms with van der Waals surface area (Å²) in [5, 5.41) is 26.6. The summed E-state index contributed by atoms with van der Waals surface area (Å²) in [6.45, 7) is 0. The average Bonchev–Trinajstić information content (AvgIpc) is 2.33. The lowest BCUT2D eigenvalue weighted by Gasteiger charge is -1.98. The molecule has 0 saturated carbocycles. The second-order valence-electron chi connectivity index (χ2n) is 2.12. The zero-order valence-corrected chi connectivity index (χ0v) is 7.32. The Morgan fingerprint density at radius 2 is 2.00 bits per heavy atom. The fourth-order valence-corrected chi connectivity index (χ4v) is 1.47. The predicted octanol–water partition coefficient (Wildman–Crippen LogP) is -0.528. The first-order valence-electron chi connectivity index (χ1n) is 3.03. The van der Waals surface area contributed by atoms with E-state index < -0.39 is 26.8 Å². The molecule has 7 nitrogen and oxygen atoms in total. The number of rotatable bonds is 2. The van der Waals surface area contributed by atoms with Crippen LogP contribution in [0.4, 0.5) is 0 Å². The first-order valence-corrected chi connectivity index (χ1v) is 4.44. The van der Waals surface area contributed by atoms with Crippen molar-refractivity contribution < 1.29 is 28.0 Å². The SMILES string of the molecule is COS(=O)(=O)c1cc(O)n(O)c1O. The Morgan fingerprint density at radius 3 is 2.31 bits per heavy atom. The van der Waals surface area contributed by atoms with Crippen LogP contribution in [-0.2, 0) is 14.3 Å². The Bertz CT molecular complexity index is 418. The Labute approximate surface area is 73.5 Å². The third-order valence-corrected chi connectivity index (χ3v) is 2.66. The van der Waals surface area contributed by atoms with Gasteiger partial charge in [0, 0.05) is 6.07 Å². The van der Waals surface area contributed by atoms with Crippen molar-refractivity contribution in [2.75, 3.05) is 7.11 Å². The third kappa shape index (κ3) is 1.40. The molecule has 0 bridgehead atoms. The molecule has 3 N–H and O–H groups in total. The van der Waals surface area contributed by atoms with E-state index in [1.807, 2.05) is 0 Å². The van der Waals surface area contributed by atoms with Gasteiger partial charge in [0.15, 0.2) is 4.90 Å². The van der Waals surface area contributed by atoms with Gasteiger partial charge in [0.05, 0.1) is 7.11 Å². The number of nitrogens with zero attached hydrogens (tertiary/aromatic N) is 1. The Morgan fingerprint density at radius 1 is 1.46 bits per heavy atom. The molecule has 1 aromatic rings. The van der Waals surface area contributed by atoms with Crippen molar-refractivity contribution in [3.63, 3.8) is 0 Å². The van der Waals surface area contributed by atoms with Gasteiger partial charge in [-0.1, -0.05) is 0 Å².